The van der Waals surface area contributed by atoms with Crippen LogP contribution in [-0.4, -0.2) is 28.0 Å². The Kier molecular flexibility index (Phi) is 6.25. The highest BCUT2D eigenvalue weighted by molar-refractivity contribution is 5.97. The number of aromatic nitrogens is 3. The molecule has 0 aliphatic heterocycles. The fraction of sp³-hybridized carbons (Fsp3) is 0.174. The minimum absolute atomic E-state index is 0.253. The predicted octanol–water partition coefficient (Wildman–Crippen LogP) is 4.41. The van der Waals surface area contributed by atoms with E-state index < -0.39 is 12.2 Å². The van der Waals surface area contributed by atoms with Gasteiger partial charge in [0.05, 0.1) is 18.1 Å². The molecule has 164 valence electrons. The Balaban J connectivity index is 1.40. The largest absolute Gasteiger partial charge is 0.493 e. The smallest absolute Gasteiger partial charge is 0.295 e. The zero-order chi connectivity index (χ0) is 22.5. The number of nitrogens with zero attached hydrogens (tertiary/aromatic N) is 2. The Morgan fingerprint density at radius 2 is 1.88 bits per heavy atom. The summed E-state index contributed by atoms with van der Waals surface area (Å²) >= 11 is 0. The number of ether oxygens (including phenoxy) is 2. The number of fused-ring (bicyclic) bond motifs is 1. The number of pyridine rings is 1. The Morgan fingerprint density at radius 1 is 1.06 bits per heavy atom. The Morgan fingerprint density at radius 3 is 2.62 bits per heavy atom. The van der Waals surface area contributed by atoms with Gasteiger partial charge in [0, 0.05) is 24.5 Å². The SMILES string of the molecule is COc1cc(CNC(=O)c2ccc3nc(C(F)F)[nH]c3c2)ccc1OCc1ccncc1. The van der Waals surface area contributed by atoms with Crippen LogP contribution in [0, 0.1) is 0 Å². The van der Waals surface area contributed by atoms with Crippen molar-refractivity contribution in [2.24, 2.45) is 0 Å². The van der Waals surface area contributed by atoms with Gasteiger partial charge in [-0.2, -0.15) is 0 Å². The molecule has 2 N–H and O–H groups in total. The fourth-order valence-electron chi connectivity index (χ4n) is 3.14. The van der Waals surface area contributed by atoms with Crippen molar-refractivity contribution in [1.29, 1.82) is 0 Å². The third kappa shape index (κ3) is 4.83. The van der Waals surface area contributed by atoms with Crippen LogP contribution >= 0.6 is 0 Å². The van der Waals surface area contributed by atoms with Gasteiger partial charge in [-0.15, -0.1) is 0 Å². The van der Waals surface area contributed by atoms with Gasteiger partial charge in [-0.1, -0.05) is 6.07 Å². The van der Waals surface area contributed by atoms with Crippen molar-refractivity contribution in [3.8, 4) is 11.5 Å². The number of imidazole rings is 1. The number of rotatable bonds is 8. The van der Waals surface area contributed by atoms with Gasteiger partial charge in [-0.3, -0.25) is 9.78 Å². The van der Waals surface area contributed by atoms with E-state index in [0.717, 1.165) is 11.1 Å². The van der Waals surface area contributed by atoms with Crippen LogP contribution in [0.25, 0.3) is 11.0 Å². The molecule has 0 radical (unpaired) electrons. The molecule has 0 bridgehead atoms. The van der Waals surface area contributed by atoms with Crippen molar-refractivity contribution in [2.45, 2.75) is 19.6 Å². The fourth-order valence-corrected chi connectivity index (χ4v) is 3.14. The van der Waals surface area contributed by atoms with Crippen LogP contribution < -0.4 is 14.8 Å². The van der Waals surface area contributed by atoms with Crippen molar-refractivity contribution in [2.75, 3.05) is 7.11 Å². The molecule has 0 aliphatic carbocycles. The summed E-state index contributed by atoms with van der Waals surface area (Å²) in [6.45, 7) is 0.626. The number of aromatic amines is 1. The first-order valence-corrected chi connectivity index (χ1v) is 9.78. The number of nitrogens with one attached hydrogen (secondary N) is 2. The molecule has 2 aromatic carbocycles. The summed E-state index contributed by atoms with van der Waals surface area (Å²) in [4.78, 5) is 22.8. The lowest BCUT2D eigenvalue weighted by molar-refractivity contribution is 0.0951. The van der Waals surface area contributed by atoms with E-state index in [1.165, 1.54) is 12.1 Å². The number of amides is 1. The van der Waals surface area contributed by atoms with E-state index in [2.05, 4.69) is 20.3 Å². The van der Waals surface area contributed by atoms with E-state index in [4.69, 9.17) is 9.47 Å². The molecular weight excluding hydrogens is 418 g/mol. The first-order chi connectivity index (χ1) is 15.5. The molecular formula is C23H20F2N4O3. The van der Waals surface area contributed by atoms with E-state index in [-0.39, 0.29) is 12.5 Å². The molecule has 2 aromatic heterocycles. The average Bonchev–Trinajstić information content (AvgIpc) is 3.26. The van der Waals surface area contributed by atoms with Gasteiger partial charge in [-0.25, -0.2) is 13.8 Å². The average molecular weight is 438 g/mol. The molecule has 2 heterocycles. The number of hydrogen-bond acceptors (Lipinski definition) is 5. The van der Waals surface area contributed by atoms with E-state index in [1.54, 1.807) is 37.7 Å². The van der Waals surface area contributed by atoms with Gasteiger partial charge in [0.25, 0.3) is 12.3 Å². The summed E-state index contributed by atoms with van der Waals surface area (Å²) in [7, 11) is 1.55. The molecule has 4 aromatic rings. The number of H-pyrrole nitrogens is 1. The molecule has 0 fully saturated rings. The number of methoxy groups -OCH3 is 1. The summed E-state index contributed by atoms with van der Waals surface area (Å²) in [5.41, 5.74) is 2.89. The van der Waals surface area contributed by atoms with Crippen LogP contribution in [0.3, 0.4) is 0 Å². The molecule has 0 unspecified atom stereocenters. The van der Waals surface area contributed by atoms with Crippen molar-refractivity contribution >= 4 is 16.9 Å². The van der Waals surface area contributed by atoms with Crippen LogP contribution in [0.15, 0.2) is 60.9 Å². The Labute approximate surface area is 182 Å². The molecule has 0 aliphatic rings. The summed E-state index contributed by atoms with van der Waals surface area (Å²) < 4.78 is 36.8. The van der Waals surface area contributed by atoms with Crippen LogP contribution in [0.1, 0.15) is 33.7 Å². The molecule has 1 amide bonds. The molecule has 0 spiro atoms. The van der Waals surface area contributed by atoms with E-state index in [1.807, 2.05) is 18.2 Å². The Bertz CT molecular complexity index is 1230. The van der Waals surface area contributed by atoms with Gasteiger partial charge in [0.1, 0.15) is 6.61 Å². The van der Waals surface area contributed by atoms with E-state index in [9.17, 15) is 13.6 Å². The van der Waals surface area contributed by atoms with Gasteiger partial charge >= 0.3 is 0 Å². The zero-order valence-corrected chi connectivity index (χ0v) is 17.1. The van der Waals surface area contributed by atoms with Gasteiger partial charge < -0.3 is 19.8 Å². The third-order valence-electron chi connectivity index (χ3n) is 4.79. The van der Waals surface area contributed by atoms with Crippen molar-refractivity contribution in [3.05, 3.63) is 83.4 Å². The number of halogens is 2. The number of hydrogen-bond donors (Lipinski definition) is 2. The van der Waals surface area contributed by atoms with E-state index >= 15 is 0 Å². The predicted molar refractivity (Wildman–Crippen MR) is 114 cm³/mol. The lowest BCUT2D eigenvalue weighted by atomic mass is 10.1. The topological polar surface area (TPSA) is 89.1 Å². The maximum Gasteiger partial charge on any atom is 0.295 e. The van der Waals surface area contributed by atoms with Crippen LogP contribution in [0.4, 0.5) is 8.78 Å². The number of benzene rings is 2. The lowest BCUT2D eigenvalue weighted by Gasteiger charge is -2.13. The van der Waals surface area contributed by atoms with Crippen LogP contribution in [-0.2, 0) is 13.2 Å². The highest BCUT2D eigenvalue weighted by Crippen LogP contribution is 2.29. The highest BCUT2D eigenvalue weighted by Gasteiger charge is 2.14. The van der Waals surface area contributed by atoms with Crippen LogP contribution in [0.2, 0.25) is 0 Å². The third-order valence-corrected chi connectivity index (χ3v) is 4.79. The summed E-state index contributed by atoms with van der Waals surface area (Å²) in [5, 5.41) is 2.81. The second-order valence-electron chi connectivity index (χ2n) is 6.97. The highest BCUT2D eigenvalue weighted by atomic mass is 19.3. The van der Waals surface area contributed by atoms with E-state index in [0.29, 0.717) is 34.7 Å². The molecule has 0 atom stereocenters. The molecule has 0 saturated carbocycles. The minimum atomic E-state index is -2.70. The molecule has 4 rings (SSSR count). The summed E-state index contributed by atoms with van der Waals surface area (Å²) in [5.74, 6) is 0.371. The van der Waals surface area contributed by atoms with Gasteiger partial charge in [-0.05, 0) is 53.6 Å². The molecule has 0 saturated heterocycles. The normalized spacial score (nSPS) is 11.0. The van der Waals surface area contributed by atoms with Crippen molar-refractivity contribution in [1.82, 2.24) is 20.3 Å². The maximum atomic E-state index is 12.8. The van der Waals surface area contributed by atoms with Gasteiger partial charge in [0.2, 0.25) is 0 Å². The Hall–Kier alpha value is -4.01. The summed E-state index contributed by atoms with van der Waals surface area (Å²) in [6, 6.07) is 13.7. The minimum Gasteiger partial charge on any atom is -0.493 e. The molecule has 7 nitrogen and oxygen atoms in total. The maximum absolute atomic E-state index is 12.8. The number of carbonyl (C=O) groups is 1. The number of carbonyl (C=O) groups excluding carboxylic acids is 1. The second kappa shape index (κ2) is 9.42. The first kappa shape index (κ1) is 21.2. The van der Waals surface area contributed by atoms with Crippen LogP contribution in [0.5, 0.6) is 11.5 Å². The first-order valence-electron chi connectivity index (χ1n) is 9.78. The number of alkyl halides is 2. The van der Waals surface area contributed by atoms with Crippen molar-refractivity contribution in [3.63, 3.8) is 0 Å². The van der Waals surface area contributed by atoms with Gasteiger partial charge in [0.15, 0.2) is 17.3 Å². The molecule has 9 heteroatoms. The quantitative estimate of drug-likeness (QED) is 0.425. The monoisotopic (exact) mass is 438 g/mol. The van der Waals surface area contributed by atoms with Crippen molar-refractivity contribution < 1.29 is 23.0 Å². The molecule has 32 heavy (non-hydrogen) atoms. The summed E-state index contributed by atoms with van der Waals surface area (Å²) in [6.07, 6.45) is 0.693. The standard InChI is InChI=1S/C23H20F2N4O3/c1-31-20-10-15(2-5-19(20)32-13-14-6-8-26-9-7-14)12-27-23(30)16-3-4-17-18(11-16)29-22(28-17)21(24)25/h2-11,21H,12-13H2,1H3,(H,27,30)(H,28,29). The second-order valence-corrected chi connectivity index (χ2v) is 6.97. The lowest BCUT2D eigenvalue weighted by Crippen LogP contribution is -2.22. The zero-order valence-electron chi connectivity index (χ0n) is 17.1.